The number of nitrogens with one attached hydrogen (secondary N) is 3. The van der Waals surface area contributed by atoms with E-state index in [9.17, 15) is 4.79 Å². The number of benzene rings is 1. The lowest BCUT2D eigenvalue weighted by Crippen LogP contribution is -2.32. The molecule has 0 radical (unpaired) electrons. The lowest BCUT2D eigenvalue weighted by molar-refractivity contribution is 0.222. The molecule has 1 aromatic heterocycles. The van der Waals surface area contributed by atoms with Crippen LogP contribution in [-0.4, -0.2) is 52.2 Å². The summed E-state index contributed by atoms with van der Waals surface area (Å²) in [5.41, 5.74) is 1.51. The molecule has 28 heavy (non-hydrogen) atoms. The van der Waals surface area contributed by atoms with E-state index in [-0.39, 0.29) is 12.6 Å². The molecule has 0 spiro atoms. The lowest BCUT2D eigenvalue weighted by Gasteiger charge is -2.16. The van der Waals surface area contributed by atoms with Crippen molar-refractivity contribution in [3.8, 4) is 0 Å². The monoisotopic (exact) mass is 448 g/mol. The number of aliphatic hydroxyl groups is 1. The summed E-state index contributed by atoms with van der Waals surface area (Å²) >= 11 is 3.44. The fraction of sp³-hybridized carbons (Fsp3) is 0.421. The predicted molar refractivity (Wildman–Crippen MR) is 114 cm³/mol. The number of anilines is 4. The number of nitrogens with zero attached hydrogens (tertiary/aromatic N) is 3. The number of urea groups is 1. The van der Waals surface area contributed by atoms with Gasteiger partial charge in [0.2, 0.25) is 5.95 Å². The van der Waals surface area contributed by atoms with Gasteiger partial charge in [0.25, 0.3) is 0 Å². The molecule has 9 heteroatoms. The Balaban J connectivity index is 1.62. The molecule has 1 fully saturated rings. The number of unbranched alkanes of at least 4 members (excludes halogenated alkanes) is 1. The van der Waals surface area contributed by atoms with Gasteiger partial charge in [0, 0.05) is 43.8 Å². The summed E-state index contributed by atoms with van der Waals surface area (Å²) in [6, 6.07) is 7.41. The minimum Gasteiger partial charge on any atom is -0.396 e. The van der Waals surface area contributed by atoms with Gasteiger partial charge in [-0.25, -0.2) is 9.78 Å². The molecule has 1 aliphatic heterocycles. The van der Waals surface area contributed by atoms with Crippen molar-refractivity contribution < 1.29 is 9.90 Å². The van der Waals surface area contributed by atoms with Crippen LogP contribution in [0.25, 0.3) is 0 Å². The van der Waals surface area contributed by atoms with E-state index >= 15 is 0 Å². The summed E-state index contributed by atoms with van der Waals surface area (Å²) < 4.78 is 0.772. The molecular weight excluding hydrogens is 424 g/mol. The number of halogens is 1. The minimum atomic E-state index is -0.0658. The molecule has 8 nitrogen and oxygen atoms in total. The smallest absolute Gasteiger partial charge is 0.321 e. The number of carbonyl (C=O) groups excluding carboxylic acids is 1. The quantitative estimate of drug-likeness (QED) is 0.458. The molecule has 2 heterocycles. The summed E-state index contributed by atoms with van der Waals surface area (Å²) in [6.07, 6.45) is 5.41. The van der Waals surface area contributed by atoms with Crippen molar-refractivity contribution in [1.82, 2.24) is 14.9 Å². The van der Waals surface area contributed by atoms with E-state index in [1.165, 1.54) is 0 Å². The Bertz CT molecular complexity index is 798. The normalized spacial score (nSPS) is 13.4. The molecule has 0 unspecified atom stereocenters. The van der Waals surface area contributed by atoms with Crippen molar-refractivity contribution in [3.63, 3.8) is 0 Å². The van der Waals surface area contributed by atoms with Crippen LogP contribution in [0.3, 0.4) is 0 Å². The van der Waals surface area contributed by atoms with E-state index in [4.69, 9.17) is 5.11 Å². The highest BCUT2D eigenvalue weighted by atomic mass is 79.9. The number of aliphatic hydroxyl groups excluding tert-OH is 1. The summed E-state index contributed by atoms with van der Waals surface area (Å²) in [6.45, 7) is 2.52. The first-order valence-corrected chi connectivity index (χ1v) is 10.3. The van der Waals surface area contributed by atoms with Gasteiger partial charge in [-0.3, -0.25) is 0 Å². The largest absolute Gasteiger partial charge is 0.396 e. The van der Waals surface area contributed by atoms with E-state index < -0.39 is 0 Å². The zero-order valence-electron chi connectivity index (χ0n) is 15.6. The number of rotatable bonds is 8. The first-order chi connectivity index (χ1) is 13.7. The Morgan fingerprint density at radius 1 is 1.21 bits per heavy atom. The summed E-state index contributed by atoms with van der Waals surface area (Å²) in [5.74, 6) is 1.14. The van der Waals surface area contributed by atoms with E-state index in [1.807, 2.05) is 29.2 Å². The van der Waals surface area contributed by atoms with Crippen molar-refractivity contribution in [2.45, 2.75) is 25.7 Å². The van der Waals surface area contributed by atoms with Crippen LogP contribution >= 0.6 is 15.9 Å². The summed E-state index contributed by atoms with van der Waals surface area (Å²) in [5, 5.41) is 18.2. The average Bonchev–Trinajstić information content (AvgIpc) is 3.23. The Morgan fingerprint density at radius 2 is 2.00 bits per heavy atom. The fourth-order valence-corrected chi connectivity index (χ4v) is 3.25. The van der Waals surface area contributed by atoms with Gasteiger partial charge < -0.3 is 26.0 Å². The van der Waals surface area contributed by atoms with Crippen LogP contribution < -0.4 is 16.0 Å². The Hall–Kier alpha value is -2.39. The van der Waals surface area contributed by atoms with Crippen molar-refractivity contribution in [2.24, 2.45) is 0 Å². The van der Waals surface area contributed by atoms with Crippen LogP contribution in [0, 0.1) is 0 Å². The second-order valence-corrected chi connectivity index (χ2v) is 7.43. The highest BCUT2D eigenvalue weighted by molar-refractivity contribution is 9.10. The van der Waals surface area contributed by atoms with Crippen LogP contribution in [0.1, 0.15) is 25.7 Å². The highest BCUT2D eigenvalue weighted by Crippen LogP contribution is 2.23. The van der Waals surface area contributed by atoms with Gasteiger partial charge in [0.1, 0.15) is 5.82 Å². The predicted octanol–water partition coefficient (Wildman–Crippen LogP) is 3.79. The number of hydrogen-bond acceptors (Lipinski definition) is 6. The van der Waals surface area contributed by atoms with Crippen molar-refractivity contribution in [3.05, 3.63) is 34.9 Å². The lowest BCUT2D eigenvalue weighted by atomic mass is 10.3. The number of likely N-dealkylation sites (tertiary alicyclic amines) is 1. The summed E-state index contributed by atoms with van der Waals surface area (Å²) in [7, 11) is 0. The van der Waals surface area contributed by atoms with Crippen molar-refractivity contribution in [2.75, 3.05) is 42.2 Å². The van der Waals surface area contributed by atoms with E-state index in [1.54, 1.807) is 6.20 Å². The van der Waals surface area contributed by atoms with E-state index in [2.05, 4.69) is 41.8 Å². The maximum atomic E-state index is 12.3. The van der Waals surface area contributed by atoms with Gasteiger partial charge >= 0.3 is 6.03 Å². The van der Waals surface area contributed by atoms with Crippen molar-refractivity contribution >= 4 is 45.1 Å². The zero-order chi connectivity index (χ0) is 19.8. The Kier molecular flexibility index (Phi) is 7.44. The molecule has 2 aromatic rings. The SMILES string of the molecule is O=C(Nc1cccc(Nc2ncc(Br)c(NCCCCO)n2)c1)N1CCCC1. The van der Waals surface area contributed by atoms with Gasteiger partial charge in [-0.2, -0.15) is 4.98 Å². The molecular formula is C19H25BrN6O2. The number of carbonyl (C=O) groups is 1. The van der Waals surface area contributed by atoms with Gasteiger partial charge in [-0.05, 0) is 59.8 Å². The molecule has 0 aliphatic carbocycles. The molecule has 0 saturated carbocycles. The second-order valence-electron chi connectivity index (χ2n) is 6.58. The average molecular weight is 449 g/mol. The summed E-state index contributed by atoms with van der Waals surface area (Å²) in [4.78, 5) is 22.8. The third-order valence-corrected chi connectivity index (χ3v) is 4.97. The van der Waals surface area contributed by atoms with Crippen LogP contribution in [-0.2, 0) is 0 Å². The van der Waals surface area contributed by atoms with Crippen LogP contribution in [0.5, 0.6) is 0 Å². The first kappa shape index (κ1) is 20.3. The van der Waals surface area contributed by atoms with Gasteiger partial charge in [-0.15, -0.1) is 0 Å². The van der Waals surface area contributed by atoms with Gasteiger partial charge in [0.05, 0.1) is 4.47 Å². The molecule has 150 valence electrons. The molecule has 1 saturated heterocycles. The minimum absolute atomic E-state index is 0.0658. The second kappa shape index (κ2) is 10.2. The molecule has 1 aliphatic rings. The first-order valence-electron chi connectivity index (χ1n) is 9.46. The third-order valence-electron chi connectivity index (χ3n) is 4.38. The molecule has 1 aromatic carbocycles. The molecule has 0 bridgehead atoms. The highest BCUT2D eigenvalue weighted by Gasteiger charge is 2.17. The van der Waals surface area contributed by atoms with E-state index in [0.717, 1.165) is 54.6 Å². The van der Waals surface area contributed by atoms with Gasteiger partial charge in [-0.1, -0.05) is 6.07 Å². The topological polar surface area (TPSA) is 102 Å². The van der Waals surface area contributed by atoms with E-state index in [0.29, 0.717) is 18.3 Å². The fourth-order valence-electron chi connectivity index (χ4n) is 2.92. The number of aromatic nitrogens is 2. The maximum absolute atomic E-state index is 12.3. The Morgan fingerprint density at radius 3 is 2.79 bits per heavy atom. The van der Waals surface area contributed by atoms with Crippen LogP contribution in [0.2, 0.25) is 0 Å². The zero-order valence-corrected chi connectivity index (χ0v) is 17.2. The molecule has 4 N–H and O–H groups in total. The molecule has 0 atom stereocenters. The van der Waals surface area contributed by atoms with Crippen LogP contribution in [0.4, 0.5) is 27.9 Å². The van der Waals surface area contributed by atoms with Crippen molar-refractivity contribution in [1.29, 1.82) is 0 Å². The molecule has 3 rings (SSSR count). The van der Waals surface area contributed by atoms with Crippen LogP contribution in [0.15, 0.2) is 34.9 Å². The Labute approximate surface area is 172 Å². The molecule has 2 amide bonds. The van der Waals surface area contributed by atoms with Gasteiger partial charge in [0.15, 0.2) is 0 Å². The number of hydrogen-bond donors (Lipinski definition) is 4. The number of amides is 2. The maximum Gasteiger partial charge on any atom is 0.321 e. The standard InChI is InChI=1S/C19H25BrN6O2/c20-16-13-22-18(25-17(16)21-8-1-4-11-27)23-14-6-5-7-15(12-14)24-19(28)26-9-2-3-10-26/h5-7,12-13,27H,1-4,8-11H2,(H,24,28)(H2,21,22,23,25). The third kappa shape index (κ3) is 5.80.